The summed E-state index contributed by atoms with van der Waals surface area (Å²) in [6.45, 7) is 0.864. The third kappa shape index (κ3) is 4.72. The van der Waals surface area contributed by atoms with Gasteiger partial charge in [0.15, 0.2) is 0 Å². The Morgan fingerprint density at radius 2 is 1.72 bits per heavy atom. The predicted octanol–water partition coefficient (Wildman–Crippen LogP) is 3.87. The average molecular weight is 440 g/mol. The fraction of sp³-hybridized carbons (Fsp3) is 0.174. The van der Waals surface area contributed by atoms with Gasteiger partial charge in [-0.05, 0) is 35.9 Å². The van der Waals surface area contributed by atoms with Gasteiger partial charge in [0.2, 0.25) is 0 Å². The zero-order valence-corrected chi connectivity index (χ0v) is 16.9. The number of aromatic nitrogens is 1. The fourth-order valence-electron chi connectivity index (χ4n) is 3.39. The average Bonchev–Trinajstić information content (AvgIpc) is 3.15. The van der Waals surface area contributed by atoms with Crippen LogP contribution in [-0.4, -0.2) is 34.9 Å². The van der Waals surface area contributed by atoms with Crippen molar-refractivity contribution in [2.24, 2.45) is 0 Å². The lowest BCUT2D eigenvalue weighted by molar-refractivity contribution is 0.0950. The molecule has 2 heterocycles. The molecule has 3 aromatic rings. The highest BCUT2D eigenvalue weighted by atomic mass is 19.1. The summed E-state index contributed by atoms with van der Waals surface area (Å²) in [5, 5.41) is 2.74. The standard InChI is InChI=1S/C23H19F3N4O2/c24-18-4-1-15(2-5-18)13-28-22(31)16-7-8-27-21(11-16)30-10-9-29(23(30)32)14-17-3-6-19(25)12-20(17)26/h1-8,11-12H,9-10,13-14H2,(H,28,31). The van der Waals surface area contributed by atoms with E-state index in [4.69, 9.17) is 0 Å². The lowest BCUT2D eigenvalue weighted by Gasteiger charge is -2.18. The van der Waals surface area contributed by atoms with Crippen molar-refractivity contribution in [1.29, 1.82) is 0 Å². The first-order chi connectivity index (χ1) is 15.4. The van der Waals surface area contributed by atoms with Crippen molar-refractivity contribution >= 4 is 17.8 Å². The number of pyridine rings is 1. The number of nitrogens with one attached hydrogen (secondary N) is 1. The van der Waals surface area contributed by atoms with Crippen LogP contribution in [0.4, 0.5) is 23.8 Å². The van der Waals surface area contributed by atoms with Gasteiger partial charge in [-0.3, -0.25) is 9.69 Å². The Hall–Kier alpha value is -3.88. The van der Waals surface area contributed by atoms with Crippen molar-refractivity contribution in [1.82, 2.24) is 15.2 Å². The van der Waals surface area contributed by atoms with E-state index in [1.807, 2.05) is 0 Å². The molecule has 0 unspecified atom stereocenters. The van der Waals surface area contributed by atoms with E-state index in [1.165, 1.54) is 46.3 Å². The summed E-state index contributed by atoms with van der Waals surface area (Å²) in [6, 6.07) is 11.7. The molecule has 1 aromatic heterocycles. The zero-order valence-electron chi connectivity index (χ0n) is 16.9. The van der Waals surface area contributed by atoms with Gasteiger partial charge in [0, 0.05) is 43.0 Å². The molecule has 3 amide bonds. The molecule has 6 nitrogen and oxygen atoms in total. The number of nitrogens with zero attached hydrogens (tertiary/aromatic N) is 3. The number of urea groups is 1. The molecule has 2 aromatic carbocycles. The molecule has 0 bridgehead atoms. The summed E-state index contributed by atoms with van der Waals surface area (Å²) in [7, 11) is 0. The van der Waals surface area contributed by atoms with Gasteiger partial charge in [-0.1, -0.05) is 18.2 Å². The van der Waals surface area contributed by atoms with Crippen LogP contribution in [0.5, 0.6) is 0 Å². The molecule has 4 rings (SSSR count). The molecular formula is C23H19F3N4O2. The fourth-order valence-corrected chi connectivity index (χ4v) is 3.39. The number of carbonyl (C=O) groups is 2. The number of rotatable bonds is 6. The molecule has 0 atom stereocenters. The van der Waals surface area contributed by atoms with E-state index in [1.54, 1.807) is 12.1 Å². The number of carbonyl (C=O) groups excluding carboxylic acids is 2. The molecule has 32 heavy (non-hydrogen) atoms. The van der Waals surface area contributed by atoms with Gasteiger partial charge in [0.05, 0.1) is 6.54 Å². The maximum Gasteiger partial charge on any atom is 0.326 e. The Kier molecular flexibility index (Phi) is 6.07. The van der Waals surface area contributed by atoms with Gasteiger partial charge in [-0.15, -0.1) is 0 Å². The second-order valence-electron chi connectivity index (χ2n) is 7.30. The molecule has 1 aliphatic heterocycles. The minimum Gasteiger partial charge on any atom is -0.348 e. The van der Waals surface area contributed by atoms with E-state index in [9.17, 15) is 22.8 Å². The lowest BCUT2D eigenvalue weighted by atomic mass is 10.2. The number of hydrogen-bond acceptors (Lipinski definition) is 3. The summed E-state index contributed by atoms with van der Waals surface area (Å²) in [6.07, 6.45) is 1.43. The molecule has 164 valence electrons. The highest BCUT2D eigenvalue weighted by Gasteiger charge is 2.31. The van der Waals surface area contributed by atoms with E-state index >= 15 is 0 Å². The molecule has 1 aliphatic rings. The highest BCUT2D eigenvalue weighted by molar-refractivity contribution is 5.97. The van der Waals surface area contributed by atoms with Crippen LogP contribution in [0, 0.1) is 17.5 Å². The van der Waals surface area contributed by atoms with Gasteiger partial charge >= 0.3 is 6.03 Å². The van der Waals surface area contributed by atoms with Crippen LogP contribution in [0.15, 0.2) is 60.8 Å². The van der Waals surface area contributed by atoms with Gasteiger partial charge in [0.25, 0.3) is 5.91 Å². The number of amides is 3. The molecule has 0 aliphatic carbocycles. The molecule has 1 fully saturated rings. The number of anilines is 1. The lowest BCUT2D eigenvalue weighted by Crippen LogP contribution is -2.32. The number of hydrogen-bond donors (Lipinski definition) is 1. The van der Waals surface area contributed by atoms with Crippen molar-refractivity contribution in [2.45, 2.75) is 13.1 Å². The number of benzene rings is 2. The third-order valence-corrected chi connectivity index (χ3v) is 5.12. The third-order valence-electron chi connectivity index (χ3n) is 5.12. The predicted molar refractivity (Wildman–Crippen MR) is 111 cm³/mol. The van der Waals surface area contributed by atoms with Crippen LogP contribution in [0.3, 0.4) is 0 Å². The van der Waals surface area contributed by atoms with Crippen molar-refractivity contribution < 1.29 is 22.8 Å². The topological polar surface area (TPSA) is 65.5 Å². The largest absolute Gasteiger partial charge is 0.348 e. The smallest absolute Gasteiger partial charge is 0.326 e. The van der Waals surface area contributed by atoms with Crippen LogP contribution >= 0.6 is 0 Å². The molecule has 0 spiro atoms. The summed E-state index contributed by atoms with van der Waals surface area (Å²) in [5.41, 5.74) is 1.27. The zero-order chi connectivity index (χ0) is 22.7. The maximum atomic E-state index is 13.9. The first-order valence-corrected chi connectivity index (χ1v) is 9.90. The van der Waals surface area contributed by atoms with Gasteiger partial charge in [-0.25, -0.2) is 22.9 Å². The molecular weight excluding hydrogens is 421 g/mol. The van der Waals surface area contributed by atoms with Crippen molar-refractivity contribution in [2.75, 3.05) is 18.0 Å². The molecule has 9 heteroatoms. The Morgan fingerprint density at radius 1 is 0.969 bits per heavy atom. The van der Waals surface area contributed by atoms with Crippen LogP contribution < -0.4 is 10.2 Å². The summed E-state index contributed by atoms with van der Waals surface area (Å²) in [4.78, 5) is 32.3. The van der Waals surface area contributed by atoms with Gasteiger partial charge in [0.1, 0.15) is 23.3 Å². The highest BCUT2D eigenvalue weighted by Crippen LogP contribution is 2.22. The maximum absolute atomic E-state index is 13.9. The van der Waals surface area contributed by atoms with Crippen molar-refractivity contribution in [3.63, 3.8) is 0 Å². The van der Waals surface area contributed by atoms with E-state index in [0.29, 0.717) is 24.5 Å². The summed E-state index contributed by atoms with van der Waals surface area (Å²) < 4.78 is 40.0. The minimum atomic E-state index is -0.714. The first kappa shape index (κ1) is 21.4. The van der Waals surface area contributed by atoms with Crippen LogP contribution in [0.1, 0.15) is 21.5 Å². The molecule has 0 saturated carbocycles. The van der Waals surface area contributed by atoms with E-state index in [2.05, 4.69) is 10.3 Å². The van der Waals surface area contributed by atoms with Crippen LogP contribution in [0.2, 0.25) is 0 Å². The summed E-state index contributed by atoms with van der Waals surface area (Å²) in [5.74, 6) is -1.82. The van der Waals surface area contributed by atoms with Crippen molar-refractivity contribution in [3.8, 4) is 0 Å². The van der Waals surface area contributed by atoms with E-state index in [0.717, 1.165) is 17.7 Å². The first-order valence-electron chi connectivity index (χ1n) is 9.90. The summed E-state index contributed by atoms with van der Waals surface area (Å²) >= 11 is 0. The van der Waals surface area contributed by atoms with Crippen molar-refractivity contribution in [3.05, 3.63) is 94.9 Å². The molecule has 0 radical (unpaired) electrons. The Bertz CT molecular complexity index is 1150. The normalized spacial score (nSPS) is 13.5. The Balaban J connectivity index is 1.41. The molecule has 1 saturated heterocycles. The quantitative estimate of drug-likeness (QED) is 0.633. The second-order valence-corrected chi connectivity index (χ2v) is 7.30. The van der Waals surface area contributed by atoms with Gasteiger partial charge < -0.3 is 10.2 Å². The second kappa shape index (κ2) is 9.09. The SMILES string of the molecule is O=C(NCc1ccc(F)cc1)c1ccnc(N2CCN(Cc3ccc(F)cc3F)C2=O)c1. The monoisotopic (exact) mass is 440 g/mol. The Morgan fingerprint density at radius 3 is 2.47 bits per heavy atom. The van der Waals surface area contributed by atoms with E-state index < -0.39 is 11.6 Å². The van der Waals surface area contributed by atoms with Gasteiger partial charge in [-0.2, -0.15) is 0 Å². The van der Waals surface area contributed by atoms with Crippen LogP contribution in [0.25, 0.3) is 0 Å². The van der Waals surface area contributed by atoms with E-state index in [-0.39, 0.29) is 36.4 Å². The minimum absolute atomic E-state index is 0.000701. The Labute approximate surface area is 182 Å². The number of halogens is 3. The van der Waals surface area contributed by atoms with Crippen LogP contribution in [-0.2, 0) is 13.1 Å². The molecule has 1 N–H and O–H groups in total.